The largest absolute Gasteiger partial charge is 0.445 e. The van der Waals surface area contributed by atoms with Crippen LogP contribution in [0.15, 0.2) is 60.7 Å². The topological polar surface area (TPSA) is 64.6 Å². The zero-order valence-electron chi connectivity index (χ0n) is 15.0. The fraction of sp³-hybridized carbons (Fsp3) is 0.333. The van der Waals surface area contributed by atoms with E-state index in [9.17, 15) is 9.59 Å². The Labute approximate surface area is 154 Å². The van der Waals surface area contributed by atoms with Gasteiger partial charge in [-0.25, -0.2) is 4.79 Å². The van der Waals surface area contributed by atoms with E-state index in [1.807, 2.05) is 60.7 Å². The normalized spacial score (nSPS) is 11.6. The number of carbonyl (C=O) groups is 2. The molecule has 5 heteroatoms. The van der Waals surface area contributed by atoms with E-state index >= 15 is 0 Å². The summed E-state index contributed by atoms with van der Waals surface area (Å²) in [5.41, 5.74) is 2.00. The van der Waals surface area contributed by atoms with Crippen molar-refractivity contribution in [2.45, 2.75) is 39.0 Å². The van der Waals surface area contributed by atoms with Gasteiger partial charge in [0.2, 0.25) is 0 Å². The van der Waals surface area contributed by atoms with E-state index in [0.29, 0.717) is 19.6 Å². The minimum Gasteiger partial charge on any atom is -0.445 e. The molecular weight excluding hydrogens is 330 g/mol. The molecule has 0 fully saturated rings. The number of alkyl carbamates (subject to hydrolysis) is 1. The third-order valence-electron chi connectivity index (χ3n) is 3.79. The lowest BCUT2D eigenvalue weighted by molar-refractivity contribution is -0.117. The molecule has 2 rings (SSSR count). The van der Waals surface area contributed by atoms with Crippen LogP contribution in [-0.4, -0.2) is 24.5 Å². The predicted octanol–water partition coefficient (Wildman–Crippen LogP) is 3.87. The third kappa shape index (κ3) is 7.94. The van der Waals surface area contributed by atoms with Crippen molar-refractivity contribution in [2.24, 2.45) is 0 Å². The summed E-state index contributed by atoms with van der Waals surface area (Å²) in [6.45, 7) is 2.66. The van der Waals surface area contributed by atoms with Crippen molar-refractivity contribution in [3.8, 4) is 0 Å². The first kappa shape index (κ1) is 19.7. The summed E-state index contributed by atoms with van der Waals surface area (Å²) in [6.07, 6.45) is 0.283. The van der Waals surface area contributed by atoms with Gasteiger partial charge in [-0.3, -0.25) is 4.79 Å². The van der Waals surface area contributed by atoms with Crippen LogP contribution >= 0.6 is 0 Å². The molecule has 2 aromatic rings. The molecule has 0 heterocycles. The maximum Gasteiger partial charge on any atom is 0.407 e. The molecule has 1 amide bonds. The highest BCUT2D eigenvalue weighted by Gasteiger charge is 2.15. The van der Waals surface area contributed by atoms with Crippen molar-refractivity contribution in [1.82, 2.24) is 5.32 Å². The van der Waals surface area contributed by atoms with Gasteiger partial charge in [0.25, 0.3) is 0 Å². The van der Waals surface area contributed by atoms with E-state index in [4.69, 9.17) is 9.47 Å². The van der Waals surface area contributed by atoms with E-state index in [1.165, 1.54) is 6.92 Å². The second kappa shape index (κ2) is 11.1. The molecule has 0 aromatic heterocycles. The number of carbonyl (C=O) groups excluding carboxylic acids is 2. The Morgan fingerprint density at radius 2 is 1.50 bits per heavy atom. The van der Waals surface area contributed by atoms with Gasteiger partial charge in [0.05, 0.1) is 6.61 Å². The van der Waals surface area contributed by atoms with Crippen molar-refractivity contribution in [2.75, 3.05) is 6.61 Å². The molecule has 0 saturated carbocycles. The van der Waals surface area contributed by atoms with Gasteiger partial charge in [0, 0.05) is 19.1 Å². The van der Waals surface area contributed by atoms with Crippen LogP contribution in [0, 0.1) is 0 Å². The van der Waals surface area contributed by atoms with Crippen LogP contribution in [0.5, 0.6) is 0 Å². The molecule has 2 aromatic carbocycles. The summed E-state index contributed by atoms with van der Waals surface area (Å²) < 4.78 is 10.9. The highest BCUT2D eigenvalue weighted by molar-refractivity contribution is 5.77. The number of rotatable bonds is 10. The van der Waals surface area contributed by atoms with Crippen molar-refractivity contribution < 1.29 is 19.1 Å². The summed E-state index contributed by atoms with van der Waals surface area (Å²) in [5, 5.41) is 2.76. The summed E-state index contributed by atoms with van der Waals surface area (Å²) in [7, 11) is 0. The molecule has 0 aliphatic rings. The maximum absolute atomic E-state index is 12.0. The second-order valence-corrected chi connectivity index (χ2v) is 6.14. The van der Waals surface area contributed by atoms with Gasteiger partial charge in [0.15, 0.2) is 0 Å². The maximum atomic E-state index is 12.0. The highest BCUT2D eigenvalue weighted by atomic mass is 16.5. The quantitative estimate of drug-likeness (QED) is 0.657. The molecule has 26 heavy (non-hydrogen) atoms. The number of ether oxygens (including phenoxy) is 2. The fourth-order valence-electron chi connectivity index (χ4n) is 2.49. The molecule has 0 spiro atoms. The minimum atomic E-state index is -0.525. The van der Waals surface area contributed by atoms with Crippen LogP contribution < -0.4 is 5.32 Å². The fourth-order valence-corrected chi connectivity index (χ4v) is 2.49. The lowest BCUT2D eigenvalue weighted by Crippen LogP contribution is -2.37. The van der Waals surface area contributed by atoms with Crippen LogP contribution in [0.2, 0.25) is 0 Å². The Morgan fingerprint density at radius 3 is 2.08 bits per heavy atom. The smallest absolute Gasteiger partial charge is 0.407 e. The van der Waals surface area contributed by atoms with E-state index in [0.717, 1.165) is 11.1 Å². The first-order chi connectivity index (χ1) is 12.6. The van der Waals surface area contributed by atoms with Gasteiger partial charge < -0.3 is 14.8 Å². The first-order valence-electron chi connectivity index (χ1n) is 8.72. The molecule has 0 saturated heterocycles. The Bertz CT molecular complexity index is 673. The second-order valence-electron chi connectivity index (χ2n) is 6.14. The van der Waals surface area contributed by atoms with E-state index in [-0.39, 0.29) is 24.9 Å². The van der Waals surface area contributed by atoms with E-state index < -0.39 is 6.09 Å². The average molecular weight is 355 g/mol. The number of amides is 1. The van der Waals surface area contributed by atoms with Crippen LogP contribution in [0.3, 0.4) is 0 Å². The van der Waals surface area contributed by atoms with Crippen molar-refractivity contribution in [3.05, 3.63) is 71.8 Å². The molecule has 1 atom stereocenters. The molecule has 5 nitrogen and oxygen atoms in total. The summed E-state index contributed by atoms with van der Waals surface area (Å²) in [6, 6.07) is 19.0. The zero-order chi connectivity index (χ0) is 18.6. The first-order valence-corrected chi connectivity index (χ1v) is 8.72. The lowest BCUT2D eigenvalue weighted by atomic mass is 10.1. The standard InChI is InChI=1S/C21H25NO4/c1-17(23)14-20(12-13-25-15-18-8-4-2-5-9-18)22-21(24)26-16-19-10-6-3-7-11-19/h2-11,20H,12-16H2,1H3,(H,22,24)/t20-/m0/s1. The van der Waals surface area contributed by atoms with E-state index in [1.54, 1.807) is 0 Å². The van der Waals surface area contributed by atoms with Crippen molar-refractivity contribution in [1.29, 1.82) is 0 Å². The summed E-state index contributed by atoms with van der Waals surface area (Å²) >= 11 is 0. The van der Waals surface area contributed by atoms with Gasteiger partial charge >= 0.3 is 6.09 Å². The summed E-state index contributed by atoms with van der Waals surface area (Å²) in [4.78, 5) is 23.4. The Hall–Kier alpha value is -2.66. The molecule has 0 unspecified atom stereocenters. The van der Waals surface area contributed by atoms with Gasteiger partial charge in [-0.15, -0.1) is 0 Å². The molecule has 0 radical (unpaired) electrons. The van der Waals surface area contributed by atoms with Gasteiger partial charge in [0.1, 0.15) is 12.4 Å². The number of hydrogen-bond donors (Lipinski definition) is 1. The minimum absolute atomic E-state index is 0.0152. The predicted molar refractivity (Wildman–Crippen MR) is 99.6 cm³/mol. The third-order valence-corrected chi connectivity index (χ3v) is 3.79. The molecule has 1 N–H and O–H groups in total. The number of nitrogens with one attached hydrogen (secondary N) is 1. The van der Waals surface area contributed by atoms with E-state index in [2.05, 4.69) is 5.32 Å². The Balaban J connectivity index is 1.73. The number of hydrogen-bond acceptors (Lipinski definition) is 4. The van der Waals surface area contributed by atoms with Crippen molar-refractivity contribution in [3.63, 3.8) is 0 Å². The van der Waals surface area contributed by atoms with Crippen molar-refractivity contribution >= 4 is 11.9 Å². The average Bonchev–Trinajstić information content (AvgIpc) is 2.65. The highest BCUT2D eigenvalue weighted by Crippen LogP contribution is 2.06. The van der Waals surface area contributed by atoms with Crippen LogP contribution in [0.4, 0.5) is 4.79 Å². The summed E-state index contributed by atoms with van der Waals surface area (Å²) in [5.74, 6) is 0.0152. The molecular formula is C21H25NO4. The van der Waals surface area contributed by atoms with Gasteiger partial charge in [-0.2, -0.15) is 0 Å². The molecule has 0 aliphatic carbocycles. The van der Waals surface area contributed by atoms with Crippen LogP contribution in [0.25, 0.3) is 0 Å². The van der Waals surface area contributed by atoms with Gasteiger partial charge in [-0.1, -0.05) is 60.7 Å². The Morgan fingerprint density at radius 1 is 0.923 bits per heavy atom. The molecule has 0 bridgehead atoms. The molecule has 0 aliphatic heterocycles. The van der Waals surface area contributed by atoms with Gasteiger partial charge in [-0.05, 0) is 24.5 Å². The monoisotopic (exact) mass is 355 g/mol. The Kier molecular flexibility index (Phi) is 8.36. The molecule has 138 valence electrons. The number of ketones is 1. The van der Waals surface area contributed by atoms with Crippen LogP contribution in [0.1, 0.15) is 30.9 Å². The number of Topliss-reactive ketones (excluding diaryl/α,β-unsaturated/α-hetero) is 1. The zero-order valence-corrected chi connectivity index (χ0v) is 15.0. The SMILES string of the molecule is CC(=O)C[C@H](CCOCc1ccccc1)NC(=O)OCc1ccccc1. The number of benzene rings is 2. The lowest BCUT2D eigenvalue weighted by Gasteiger charge is -2.17. The van der Waals surface area contributed by atoms with Crippen LogP contribution in [-0.2, 0) is 27.5 Å².